The molecule has 130 valence electrons. The van der Waals surface area contributed by atoms with E-state index >= 15 is 0 Å². The van der Waals surface area contributed by atoms with E-state index < -0.39 is 5.82 Å². The van der Waals surface area contributed by atoms with Crippen LogP contribution in [0.2, 0.25) is 0 Å². The van der Waals surface area contributed by atoms with Crippen molar-refractivity contribution in [3.05, 3.63) is 78.5 Å². The predicted octanol–water partition coefficient (Wildman–Crippen LogP) is 4.49. The van der Waals surface area contributed by atoms with Crippen LogP contribution < -0.4 is 5.32 Å². The van der Waals surface area contributed by atoms with E-state index in [2.05, 4.69) is 27.2 Å². The molecule has 0 saturated carbocycles. The number of nitrogens with zero attached hydrogens (tertiary/aromatic N) is 4. The van der Waals surface area contributed by atoms with Crippen LogP contribution in [-0.2, 0) is 0 Å². The van der Waals surface area contributed by atoms with Crippen LogP contribution in [0.15, 0.2) is 67.1 Å². The Morgan fingerprint density at radius 2 is 1.85 bits per heavy atom. The van der Waals surface area contributed by atoms with Gasteiger partial charge in [-0.1, -0.05) is 43.3 Å². The number of aromatic nitrogens is 4. The topological polar surface area (TPSA) is 55.1 Å². The van der Waals surface area contributed by atoms with E-state index in [4.69, 9.17) is 0 Å². The summed E-state index contributed by atoms with van der Waals surface area (Å²) in [4.78, 5) is 12.9. The van der Waals surface area contributed by atoms with Crippen LogP contribution >= 0.6 is 0 Å². The average molecular weight is 347 g/mol. The van der Waals surface area contributed by atoms with Crippen LogP contribution in [0, 0.1) is 5.82 Å². The molecule has 0 radical (unpaired) electrons. The quantitative estimate of drug-likeness (QED) is 0.578. The smallest absolute Gasteiger partial charge is 0.183 e. The minimum absolute atomic E-state index is 0.0318. The normalized spacial score (nSPS) is 12.2. The lowest BCUT2D eigenvalue weighted by Gasteiger charge is -2.18. The summed E-state index contributed by atoms with van der Waals surface area (Å²) in [6.07, 6.45) is 5.58. The number of imidazole rings is 1. The lowest BCUT2D eigenvalue weighted by Crippen LogP contribution is -2.13. The number of benzene rings is 1. The van der Waals surface area contributed by atoms with Gasteiger partial charge in [-0.3, -0.25) is 4.40 Å². The summed E-state index contributed by atoms with van der Waals surface area (Å²) >= 11 is 0. The van der Waals surface area contributed by atoms with Crippen molar-refractivity contribution in [2.75, 3.05) is 5.32 Å². The molecule has 4 aromatic rings. The second-order valence-electron chi connectivity index (χ2n) is 5.98. The number of hydrogen-bond acceptors (Lipinski definition) is 4. The molecule has 0 unspecified atom stereocenters. The number of hydrogen-bond donors (Lipinski definition) is 1. The Bertz CT molecular complexity index is 1030. The van der Waals surface area contributed by atoms with Gasteiger partial charge >= 0.3 is 0 Å². The fourth-order valence-corrected chi connectivity index (χ4v) is 2.96. The summed E-state index contributed by atoms with van der Waals surface area (Å²) in [5.74, 6) is 0.143. The number of nitrogens with one attached hydrogen (secondary N) is 1. The molecule has 26 heavy (non-hydrogen) atoms. The van der Waals surface area contributed by atoms with E-state index in [0.717, 1.165) is 23.3 Å². The van der Waals surface area contributed by atoms with Crippen molar-refractivity contribution in [2.45, 2.75) is 19.4 Å². The lowest BCUT2D eigenvalue weighted by atomic mass is 10.0. The molecule has 0 amide bonds. The van der Waals surface area contributed by atoms with Crippen LogP contribution in [0.1, 0.15) is 24.9 Å². The van der Waals surface area contributed by atoms with Crippen LogP contribution in [-0.4, -0.2) is 19.4 Å². The highest BCUT2D eigenvalue weighted by Gasteiger charge is 2.16. The number of halogens is 1. The van der Waals surface area contributed by atoms with Crippen molar-refractivity contribution in [3.8, 4) is 11.5 Å². The van der Waals surface area contributed by atoms with Gasteiger partial charge in [0.15, 0.2) is 17.5 Å². The maximum absolute atomic E-state index is 14.3. The van der Waals surface area contributed by atoms with E-state index in [1.165, 1.54) is 6.20 Å². The van der Waals surface area contributed by atoms with E-state index in [9.17, 15) is 4.39 Å². The Morgan fingerprint density at radius 3 is 2.65 bits per heavy atom. The van der Waals surface area contributed by atoms with Gasteiger partial charge in [0.05, 0.1) is 18.4 Å². The number of anilines is 1. The Kier molecular flexibility index (Phi) is 4.31. The molecule has 0 bridgehead atoms. The minimum Gasteiger partial charge on any atom is -0.361 e. The maximum atomic E-state index is 14.3. The van der Waals surface area contributed by atoms with Crippen molar-refractivity contribution in [2.24, 2.45) is 0 Å². The molecule has 3 aromatic heterocycles. The van der Waals surface area contributed by atoms with Crippen LogP contribution in [0.5, 0.6) is 0 Å². The summed E-state index contributed by atoms with van der Waals surface area (Å²) in [7, 11) is 0. The third-order valence-corrected chi connectivity index (χ3v) is 4.31. The molecular weight excluding hydrogens is 329 g/mol. The zero-order valence-corrected chi connectivity index (χ0v) is 14.3. The third-order valence-electron chi connectivity index (χ3n) is 4.31. The molecule has 0 aliphatic carbocycles. The average Bonchev–Trinajstić information content (AvgIpc) is 3.12. The largest absolute Gasteiger partial charge is 0.361 e. The summed E-state index contributed by atoms with van der Waals surface area (Å²) < 4.78 is 16.2. The zero-order valence-electron chi connectivity index (χ0n) is 14.3. The summed E-state index contributed by atoms with van der Waals surface area (Å²) in [5.41, 5.74) is 2.60. The summed E-state index contributed by atoms with van der Waals surface area (Å²) in [6.45, 7) is 2.05. The number of rotatable bonds is 5. The predicted molar refractivity (Wildman–Crippen MR) is 99.3 cm³/mol. The minimum atomic E-state index is -0.475. The Balaban J connectivity index is 1.70. The second-order valence-corrected chi connectivity index (χ2v) is 5.98. The molecule has 1 atom stereocenters. The second kappa shape index (κ2) is 6.92. The fraction of sp³-hybridized carbons (Fsp3) is 0.150. The van der Waals surface area contributed by atoms with Gasteiger partial charge in [-0.15, -0.1) is 0 Å². The van der Waals surface area contributed by atoms with Crippen molar-refractivity contribution in [3.63, 3.8) is 0 Å². The van der Waals surface area contributed by atoms with Crippen molar-refractivity contribution in [1.82, 2.24) is 19.4 Å². The van der Waals surface area contributed by atoms with Crippen molar-refractivity contribution >= 4 is 11.5 Å². The van der Waals surface area contributed by atoms with E-state index in [1.54, 1.807) is 6.20 Å². The monoisotopic (exact) mass is 347 g/mol. The van der Waals surface area contributed by atoms with Gasteiger partial charge in [0.2, 0.25) is 0 Å². The summed E-state index contributed by atoms with van der Waals surface area (Å²) in [6, 6.07) is 15.6. The highest BCUT2D eigenvalue weighted by molar-refractivity contribution is 5.58. The SMILES string of the molecule is CC[C@H](Nc1nc(-c2cnc3ccccn23)ncc1F)c1ccccc1. The summed E-state index contributed by atoms with van der Waals surface area (Å²) in [5, 5.41) is 3.21. The molecule has 1 N–H and O–H groups in total. The molecule has 0 fully saturated rings. The Hall–Kier alpha value is -3.28. The molecule has 4 rings (SSSR count). The van der Waals surface area contributed by atoms with Crippen molar-refractivity contribution < 1.29 is 4.39 Å². The van der Waals surface area contributed by atoms with Gasteiger partial charge in [-0.05, 0) is 24.1 Å². The first-order chi connectivity index (χ1) is 12.8. The van der Waals surface area contributed by atoms with Gasteiger partial charge in [-0.2, -0.15) is 0 Å². The highest BCUT2D eigenvalue weighted by Crippen LogP contribution is 2.25. The van der Waals surface area contributed by atoms with E-state index in [1.807, 2.05) is 59.1 Å². The standard InChI is InChI=1S/C20H18FN5/c1-2-16(14-8-4-3-5-9-14)24-19-15(21)12-23-20(25-19)17-13-22-18-10-6-7-11-26(17)18/h3-13,16H,2H2,1H3,(H,23,24,25)/t16-/m0/s1. The third kappa shape index (κ3) is 3.01. The molecule has 6 heteroatoms. The number of fused-ring (bicyclic) bond motifs is 1. The molecule has 1 aromatic carbocycles. The maximum Gasteiger partial charge on any atom is 0.183 e. The van der Waals surface area contributed by atoms with Gasteiger partial charge < -0.3 is 5.32 Å². The lowest BCUT2D eigenvalue weighted by molar-refractivity contribution is 0.610. The molecule has 3 heterocycles. The van der Waals surface area contributed by atoms with E-state index in [-0.39, 0.29) is 11.9 Å². The molecule has 0 aliphatic rings. The molecule has 0 saturated heterocycles. The first-order valence-electron chi connectivity index (χ1n) is 8.52. The molecular formula is C20H18FN5. The highest BCUT2D eigenvalue weighted by atomic mass is 19.1. The Labute approximate surface area is 150 Å². The van der Waals surface area contributed by atoms with Gasteiger partial charge in [0.25, 0.3) is 0 Å². The Morgan fingerprint density at radius 1 is 1.04 bits per heavy atom. The van der Waals surface area contributed by atoms with Gasteiger partial charge in [0, 0.05) is 6.20 Å². The van der Waals surface area contributed by atoms with Crippen LogP contribution in [0.4, 0.5) is 10.2 Å². The molecule has 5 nitrogen and oxygen atoms in total. The van der Waals surface area contributed by atoms with Gasteiger partial charge in [-0.25, -0.2) is 19.3 Å². The van der Waals surface area contributed by atoms with Crippen molar-refractivity contribution in [1.29, 1.82) is 0 Å². The van der Waals surface area contributed by atoms with E-state index in [0.29, 0.717) is 5.82 Å². The first-order valence-corrected chi connectivity index (χ1v) is 8.52. The molecule has 0 spiro atoms. The number of pyridine rings is 1. The zero-order chi connectivity index (χ0) is 17.9. The fourth-order valence-electron chi connectivity index (χ4n) is 2.96. The first kappa shape index (κ1) is 16.2. The molecule has 0 aliphatic heterocycles. The van der Waals surface area contributed by atoms with Crippen LogP contribution in [0.3, 0.4) is 0 Å². The van der Waals surface area contributed by atoms with Crippen LogP contribution in [0.25, 0.3) is 17.2 Å². The van der Waals surface area contributed by atoms with Gasteiger partial charge in [0.1, 0.15) is 11.3 Å².